The highest BCUT2D eigenvalue weighted by Crippen LogP contribution is 2.22. The lowest BCUT2D eigenvalue weighted by molar-refractivity contribution is -0.116. The number of aryl methyl sites for hydroxylation is 1. The fourth-order valence-electron chi connectivity index (χ4n) is 3.38. The van der Waals surface area contributed by atoms with Crippen molar-refractivity contribution < 1.29 is 4.79 Å². The minimum Gasteiger partial charge on any atom is -0.326 e. The maximum Gasteiger partial charge on any atom is 0.225 e. The van der Waals surface area contributed by atoms with Gasteiger partial charge in [0, 0.05) is 36.1 Å². The number of fused-ring (bicyclic) bond motifs is 1. The zero-order chi connectivity index (χ0) is 17.2. The Kier molecular flexibility index (Phi) is 4.24. The van der Waals surface area contributed by atoms with E-state index >= 15 is 0 Å². The number of rotatable bonds is 4. The molecule has 1 saturated heterocycles. The number of hydrogen-bond acceptors (Lipinski definition) is 3. The molecule has 1 amide bonds. The first-order valence-corrected chi connectivity index (χ1v) is 8.77. The summed E-state index contributed by atoms with van der Waals surface area (Å²) in [5, 5.41) is 6.33. The second-order valence-corrected chi connectivity index (χ2v) is 6.67. The number of carbonyl (C=O) groups excluding carboxylic acids is 1. The summed E-state index contributed by atoms with van der Waals surface area (Å²) in [5.41, 5.74) is 4.92. The van der Waals surface area contributed by atoms with Gasteiger partial charge in [0.1, 0.15) is 5.65 Å². The van der Waals surface area contributed by atoms with Crippen molar-refractivity contribution in [1.82, 2.24) is 14.7 Å². The first kappa shape index (κ1) is 15.8. The van der Waals surface area contributed by atoms with Crippen LogP contribution in [0.15, 0.2) is 48.8 Å². The predicted molar refractivity (Wildman–Crippen MR) is 99.6 cm³/mol. The zero-order valence-electron chi connectivity index (χ0n) is 14.3. The van der Waals surface area contributed by atoms with Gasteiger partial charge in [-0.25, -0.2) is 4.98 Å². The van der Waals surface area contributed by atoms with Gasteiger partial charge in [-0.3, -0.25) is 4.79 Å². The van der Waals surface area contributed by atoms with E-state index < -0.39 is 0 Å². The highest BCUT2D eigenvalue weighted by Gasteiger charge is 2.17. The average Bonchev–Trinajstić information content (AvgIpc) is 3.25. The zero-order valence-corrected chi connectivity index (χ0v) is 14.3. The van der Waals surface area contributed by atoms with Crippen LogP contribution >= 0.6 is 0 Å². The number of carbonyl (C=O) groups is 1. The monoisotopic (exact) mass is 334 g/mol. The number of aromatic nitrogens is 2. The van der Waals surface area contributed by atoms with Gasteiger partial charge >= 0.3 is 0 Å². The van der Waals surface area contributed by atoms with Crippen molar-refractivity contribution in [3.05, 3.63) is 54.4 Å². The van der Waals surface area contributed by atoms with Gasteiger partial charge in [0.2, 0.25) is 5.91 Å². The van der Waals surface area contributed by atoms with Gasteiger partial charge in [0.25, 0.3) is 0 Å². The van der Waals surface area contributed by atoms with Crippen LogP contribution < -0.4 is 10.6 Å². The molecule has 128 valence electrons. The van der Waals surface area contributed by atoms with Crippen molar-refractivity contribution >= 4 is 17.2 Å². The SMILES string of the molecule is Cc1cccn2cc(-c3ccc(NC(=O)CC4CCCN4)cc3)nc12. The highest BCUT2D eigenvalue weighted by molar-refractivity contribution is 5.91. The molecule has 0 radical (unpaired) electrons. The van der Waals surface area contributed by atoms with Crippen LogP contribution in [0.2, 0.25) is 0 Å². The van der Waals surface area contributed by atoms with Gasteiger partial charge < -0.3 is 15.0 Å². The molecule has 1 unspecified atom stereocenters. The van der Waals surface area contributed by atoms with E-state index in [9.17, 15) is 4.79 Å². The molecule has 3 aromatic rings. The Hall–Kier alpha value is -2.66. The maximum atomic E-state index is 12.1. The van der Waals surface area contributed by atoms with E-state index in [2.05, 4.69) is 23.6 Å². The Bertz CT molecular complexity index is 892. The summed E-state index contributed by atoms with van der Waals surface area (Å²) in [4.78, 5) is 16.8. The third kappa shape index (κ3) is 3.42. The van der Waals surface area contributed by atoms with Gasteiger partial charge in [0.05, 0.1) is 5.69 Å². The lowest BCUT2D eigenvalue weighted by atomic mass is 10.1. The van der Waals surface area contributed by atoms with Gasteiger partial charge in [0.15, 0.2) is 0 Å². The first-order valence-electron chi connectivity index (χ1n) is 8.77. The number of hydrogen-bond donors (Lipinski definition) is 2. The Labute approximate surface area is 147 Å². The minimum absolute atomic E-state index is 0.0653. The molecule has 2 aromatic heterocycles. The van der Waals surface area contributed by atoms with Gasteiger partial charge in [-0.2, -0.15) is 0 Å². The quantitative estimate of drug-likeness (QED) is 0.769. The number of nitrogens with zero attached hydrogens (tertiary/aromatic N) is 2. The normalized spacial score (nSPS) is 17.1. The van der Waals surface area contributed by atoms with Crippen molar-refractivity contribution in [2.45, 2.75) is 32.2 Å². The van der Waals surface area contributed by atoms with E-state index in [0.29, 0.717) is 12.5 Å². The Morgan fingerprint density at radius 3 is 2.88 bits per heavy atom. The lowest BCUT2D eigenvalue weighted by Crippen LogP contribution is -2.27. The first-order chi connectivity index (χ1) is 12.2. The molecular weight excluding hydrogens is 312 g/mol. The topological polar surface area (TPSA) is 58.4 Å². The van der Waals surface area contributed by atoms with Gasteiger partial charge in [-0.1, -0.05) is 18.2 Å². The molecule has 2 N–H and O–H groups in total. The van der Waals surface area contributed by atoms with Crippen LogP contribution in [0.5, 0.6) is 0 Å². The summed E-state index contributed by atoms with van der Waals surface area (Å²) in [7, 11) is 0. The van der Waals surface area contributed by atoms with Crippen molar-refractivity contribution in [1.29, 1.82) is 0 Å². The van der Waals surface area contributed by atoms with E-state index in [-0.39, 0.29) is 5.91 Å². The van der Waals surface area contributed by atoms with Crippen LogP contribution in [-0.2, 0) is 4.79 Å². The standard InChI is InChI=1S/C20H22N4O/c1-14-4-3-11-24-13-18(23-20(14)24)15-6-8-16(9-7-15)22-19(25)12-17-5-2-10-21-17/h3-4,6-9,11,13,17,21H,2,5,10,12H2,1H3,(H,22,25). The average molecular weight is 334 g/mol. The molecule has 0 saturated carbocycles. The van der Waals surface area contributed by atoms with Crippen LogP contribution in [0.1, 0.15) is 24.8 Å². The van der Waals surface area contributed by atoms with Crippen molar-refractivity contribution in [3.63, 3.8) is 0 Å². The highest BCUT2D eigenvalue weighted by atomic mass is 16.1. The smallest absolute Gasteiger partial charge is 0.225 e. The van der Waals surface area contributed by atoms with E-state index in [4.69, 9.17) is 4.98 Å². The molecule has 0 bridgehead atoms. The molecule has 5 nitrogen and oxygen atoms in total. The molecule has 1 aliphatic rings. The fourth-order valence-corrected chi connectivity index (χ4v) is 3.38. The molecule has 1 aromatic carbocycles. The summed E-state index contributed by atoms with van der Waals surface area (Å²) in [6.45, 7) is 3.08. The maximum absolute atomic E-state index is 12.1. The molecule has 1 fully saturated rings. The third-order valence-corrected chi connectivity index (χ3v) is 4.74. The van der Waals surface area contributed by atoms with Crippen LogP contribution in [0.25, 0.3) is 16.9 Å². The minimum atomic E-state index is 0.0653. The Balaban J connectivity index is 1.47. The Morgan fingerprint density at radius 1 is 1.32 bits per heavy atom. The van der Waals surface area contributed by atoms with E-state index in [0.717, 1.165) is 47.5 Å². The van der Waals surface area contributed by atoms with E-state index in [1.165, 1.54) is 0 Å². The summed E-state index contributed by atoms with van der Waals surface area (Å²) in [5.74, 6) is 0.0653. The van der Waals surface area contributed by atoms with Crippen molar-refractivity contribution in [2.75, 3.05) is 11.9 Å². The summed E-state index contributed by atoms with van der Waals surface area (Å²) >= 11 is 0. The molecule has 1 atom stereocenters. The van der Waals surface area contributed by atoms with Crippen molar-refractivity contribution in [2.24, 2.45) is 0 Å². The molecular formula is C20H22N4O. The Morgan fingerprint density at radius 2 is 2.16 bits per heavy atom. The van der Waals surface area contributed by atoms with Gasteiger partial charge in [-0.15, -0.1) is 0 Å². The summed E-state index contributed by atoms with van der Waals surface area (Å²) in [6.07, 6.45) is 6.81. The molecule has 1 aliphatic heterocycles. The van der Waals surface area contributed by atoms with Crippen LogP contribution in [0, 0.1) is 6.92 Å². The fraction of sp³-hybridized carbons (Fsp3) is 0.300. The molecule has 0 aliphatic carbocycles. The van der Waals surface area contributed by atoms with E-state index in [1.54, 1.807) is 0 Å². The summed E-state index contributed by atoms with van der Waals surface area (Å²) in [6, 6.07) is 12.3. The van der Waals surface area contributed by atoms with Crippen LogP contribution in [0.4, 0.5) is 5.69 Å². The predicted octanol–water partition coefficient (Wildman–Crippen LogP) is 3.39. The number of imidazole rings is 1. The van der Waals surface area contributed by atoms with Crippen LogP contribution in [0.3, 0.4) is 0 Å². The number of pyridine rings is 1. The van der Waals surface area contributed by atoms with Crippen LogP contribution in [-0.4, -0.2) is 27.9 Å². The van der Waals surface area contributed by atoms with E-state index in [1.807, 2.05) is 47.1 Å². The second kappa shape index (κ2) is 6.69. The molecule has 4 rings (SSSR count). The third-order valence-electron chi connectivity index (χ3n) is 4.74. The molecule has 25 heavy (non-hydrogen) atoms. The number of nitrogens with one attached hydrogen (secondary N) is 2. The largest absolute Gasteiger partial charge is 0.326 e. The molecule has 3 heterocycles. The van der Waals surface area contributed by atoms with Gasteiger partial charge in [-0.05, 0) is 50.1 Å². The molecule has 5 heteroatoms. The molecule has 0 spiro atoms. The van der Waals surface area contributed by atoms with Crippen molar-refractivity contribution in [3.8, 4) is 11.3 Å². The number of amides is 1. The number of benzene rings is 1. The number of anilines is 1. The summed E-state index contributed by atoms with van der Waals surface area (Å²) < 4.78 is 2.04. The second-order valence-electron chi connectivity index (χ2n) is 6.67. The lowest BCUT2D eigenvalue weighted by Gasteiger charge is -2.10.